The molecular formula is C15H26N2O2S. The zero-order chi connectivity index (χ0) is 14.8. The molecule has 0 radical (unpaired) electrons. The van der Waals surface area contributed by atoms with Crippen molar-refractivity contribution >= 4 is 10.0 Å². The van der Waals surface area contributed by atoms with Gasteiger partial charge in [0.25, 0.3) is 0 Å². The van der Waals surface area contributed by atoms with Crippen LogP contribution in [0, 0.1) is 0 Å². The lowest BCUT2D eigenvalue weighted by Crippen LogP contribution is -2.26. The van der Waals surface area contributed by atoms with Gasteiger partial charge in [-0.25, -0.2) is 13.1 Å². The highest BCUT2D eigenvalue weighted by molar-refractivity contribution is 7.89. The molecule has 1 aromatic carbocycles. The first kappa shape index (κ1) is 17.1. The Balaban J connectivity index is 2.42. The normalized spacial score (nSPS) is 11.7. The molecule has 0 heterocycles. The molecule has 0 aliphatic carbocycles. The molecule has 0 saturated heterocycles. The highest BCUT2D eigenvalue weighted by Gasteiger charge is 2.16. The molecule has 0 amide bonds. The fraction of sp³-hybridized carbons (Fsp3) is 0.600. The Labute approximate surface area is 122 Å². The number of benzene rings is 1. The van der Waals surface area contributed by atoms with Gasteiger partial charge >= 0.3 is 0 Å². The zero-order valence-corrected chi connectivity index (χ0v) is 13.1. The number of rotatable bonds is 10. The van der Waals surface area contributed by atoms with Gasteiger partial charge in [0.2, 0.25) is 10.0 Å². The van der Waals surface area contributed by atoms with Crippen LogP contribution >= 0.6 is 0 Å². The maximum absolute atomic E-state index is 12.2. The Morgan fingerprint density at radius 1 is 1.05 bits per heavy atom. The smallest absolute Gasteiger partial charge is 0.240 e. The molecule has 0 fully saturated rings. The van der Waals surface area contributed by atoms with Crippen molar-refractivity contribution in [2.45, 2.75) is 56.9 Å². The molecule has 4 nitrogen and oxygen atoms in total. The van der Waals surface area contributed by atoms with Crippen LogP contribution in [0.3, 0.4) is 0 Å². The summed E-state index contributed by atoms with van der Waals surface area (Å²) in [6.07, 6.45) is 6.85. The molecule has 0 unspecified atom stereocenters. The monoisotopic (exact) mass is 298 g/mol. The van der Waals surface area contributed by atoms with E-state index in [4.69, 9.17) is 5.73 Å². The summed E-state index contributed by atoms with van der Waals surface area (Å²) in [5.74, 6) is 0. The standard InChI is InChI=1S/C15H26N2O2S/c1-2-3-4-5-6-9-12-17-20(18,19)15-11-8-7-10-14(15)13-16/h7-8,10-11,17H,2-6,9,12-13,16H2,1H3. The van der Waals surface area contributed by atoms with Crippen LogP contribution in [0.25, 0.3) is 0 Å². The lowest BCUT2D eigenvalue weighted by molar-refractivity contribution is 0.567. The lowest BCUT2D eigenvalue weighted by atomic mass is 10.1. The number of hydrogen-bond acceptors (Lipinski definition) is 3. The summed E-state index contributed by atoms with van der Waals surface area (Å²) in [6, 6.07) is 6.87. The van der Waals surface area contributed by atoms with Gasteiger partial charge in [0.1, 0.15) is 0 Å². The van der Waals surface area contributed by atoms with Gasteiger partial charge in [0, 0.05) is 13.1 Å². The summed E-state index contributed by atoms with van der Waals surface area (Å²) in [7, 11) is -3.43. The van der Waals surface area contributed by atoms with Crippen LogP contribution in [0.15, 0.2) is 29.2 Å². The summed E-state index contributed by atoms with van der Waals surface area (Å²) in [6.45, 7) is 2.91. The van der Waals surface area contributed by atoms with E-state index in [2.05, 4.69) is 11.6 Å². The first-order valence-electron chi connectivity index (χ1n) is 7.39. The maximum atomic E-state index is 12.2. The van der Waals surface area contributed by atoms with Crippen LogP contribution in [-0.2, 0) is 16.6 Å². The van der Waals surface area contributed by atoms with E-state index in [0.29, 0.717) is 17.0 Å². The Morgan fingerprint density at radius 2 is 1.70 bits per heavy atom. The van der Waals surface area contributed by atoms with Gasteiger partial charge in [-0.1, -0.05) is 57.2 Å². The Hall–Kier alpha value is -0.910. The van der Waals surface area contributed by atoms with Crippen LogP contribution in [-0.4, -0.2) is 15.0 Å². The molecule has 0 aliphatic heterocycles. The van der Waals surface area contributed by atoms with Crippen molar-refractivity contribution in [1.82, 2.24) is 4.72 Å². The number of sulfonamides is 1. The van der Waals surface area contributed by atoms with Crippen LogP contribution in [0.2, 0.25) is 0 Å². The van der Waals surface area contributed by atoms with Crippen molar-refractivity contribution in [3.05, 3.63) is 29.8 Å². The molecular weight excluding hydrogens is 272 g/mol. The van der Waals surface area contributed by atoms with Crippen LogP contribution < -0.4 is 10.5 Å². The summed E-state index contributed by atoms with van der Waals surface area (Å²) in [5, 5.41) is 0. The van der Waals surface area contributed by atoms with Gasteiger partial charge in [0.05, 0.1) is 4.90 Å². The molecule has 3 N–H and O–H groups in total. The quantitative estimate of drug-likeness (QED) is 0.652. The van der Waals surface area contributed by atoms with Gasteiger partial charge in [-0.05, 0) is 18.1 Å². The largest absolute Gasteiger partial charge is 0.326 e. The first-order valence-corrected chi connectivity index (χ1v) is 8.87. The van der Waals surface area contributed by atoms with Crippen molar-refractivity contribution < 1.29 is 8.42 Å². The highest BCUT2D eigenvalue weighted by Crippen LogP contribution is 2.14. The first-order chi connectivity index (χ1) is 9.61. The van der Waals surface area contributed by atoms with Gasteiger partial charge < -0.3 is 5.73 Å². The second-order valence-corrected chi connectivity index (χ2v) is 6.71. The maximum Gasteiger partial charge on any atom is 0.240 e. The number of nitrogens with two attached hydrogens (primary N) is 1. The van der Waals surface area contributed by atoms with Crippen molar-refractivity contribution in [2.75, 3.05) is 6.54 Å². The molecule has 1 aromatic rings. The number of hydrogen-bond donors (Lipinski definition) is 2. The minimum Gasteiger partial charge on any atom is -0.326 e. The lowest BCUT2D eigenvalue weighted by Gasteiger charge is -2.10. The van der Waals surface area contributed by atoms with E-state index in [1.807, 2.05) is 0 Å². The topological polar surface area (TPSA) is 72.2 Å². The number of unbranched alkanes of at least 4 members (excludes halogenated alkanes) is 5. The van der Waals surface area contributed by atoms with Gasteiger partial charge in [0.15, 0.2) is 0 Å². The summed E-state index contributed by atoms with van der Waals surface area (Å²) in [4.78, 5) is 0.300. The molecule has 0 aliphatic rings. The van der Waals surface area contributed by atoms with Crippen molar-refractivity contribution in [3.63, 3.8) is 0 Å². The third-order valence-electron chi connectivity index (χ3n) is 3.30. The molecule has 0 saturated carbocycles. The number of nitrogens with one attached hydrogen (secondary N) is 1. The predicted octanol–water partition coefficient (Wildman–Crippen LogP) is 2.78. The molecule has 0 atom stereocenters. The molecule has 20 heavy (non-hydrogen) atoms. The van der Waals surface area contributed by atoms with Crippen LogP contribution in [0.4, 0.5) is 0 Å². The van der Waals surface area contributed by atoms with Gasteiger partial charge in [-0.2, -0.15) is 0 Å². The SMILES string of the molecule is CCCCCCCCNS(=O)(=O)c1ccccc1CN. The van der Waals surface area contributed by atoms with Gasteiger partial charge in [-0.3, -0.25) is 0 Å². The summed E-state index contributed by atoms with van der Waals surface area (Å²) in [5.41, 5.74) is 6.23. The van der Waals surface area contributed by atoms with E-state index in [1.54, 1.807) is 24.3 Å². The van der Waals surface area contributed by atoms with Crippen molar-refractivity contribution in [2.24, 2.45) is 5.73 Å². The zero-order valence-electron chi connectivity index (χ0n) is 12.3. The van der Waals surface area contributed by atoms with E-state index in [0.717, 1.165) is 12.8 Å². The van der Waals surface area contributed by atoms with Crippen molar-refractivity contribution in [1.29, 1.82) is 0 Å². The summed E-state index contributed by atoms with van der Waals surface area (Å²) < 4.78 is 27.0. The van der Waals surface area contributed by atoms with Crippen molar-refractivity contribution in [3.8, 4) is 0 Å². The van der Waals surface area contributed by atoms with E-state index in [-0.39, 0.29) is 6.54 Å². The van der Waals surface area contributed by atoms with Crippen LogP contribution in [0.1, 0.15) is 51.0 Å². The summed E-state index contributed by atoms with van der Waals surface area (Å²) >= 11 is 0. The van der Waals surface area contributed by atoms with Gasteiger partial charge in [-0.15, -0.1) is 0 Å². The molecule has 0 aromatic heterocycles. The predicted molar refractivity (Wildman–Crippen MR) is 82.9 cm³/mol. The molecule has 0 bridgehead atoms. The fourth-order valence-corrected chi connectivity index (χ4v) is 3.45. The second-order valence-electron chi connectivity index (χ2n) is 4.98. The minimum atomic E-state index is -3.43. The molecule has 114 valence electrons. The second kappa shape index (κ2) is 9.10. The van der Waals surface area contributed by atoms with E-state index >= 15 is 0 Å². The third kappa shape index (κ3) is 5.61. The highest BCUT2D eigenvalue weighted by atomic mass is 32.2. The molecule has 1 rings (SSSR count). The third-order valence-corrected chi connectivity index (χ3v) is 4.87. The Morgan fingerprint density at radius 3 is 2.40 bits per heavy atom. The Kier molecular flexibility index (Phi) is 7.80. The molecule has 0 spiro atoms. The van der Waals surface area contributed by atoms with Crippen LogP contribution in [0.5, 0.6) is 0 Å². The van der Waals surface area contributed by atoms with E-state index in [9.17, 15) is 8.42 Å². The Bertz CT molecular complexity index is 486. The average molecular weight is 298 g/mol. The van der Waals surface area contributed by atoms with E-state index < -0.39 is 10.0 Å². The average Bonchev–Trinajstić information content (AvgIpc) is 2.46. The fourth-order valence-electron chi connectivity index (χ4n) is 2.12. The molecule has 5 heteroatoms. The van der Waals surface area contributed by atoms with E-state index in [1.165, 1.54) is 25.7 Å². The minimum absolute atomic E-state index is 0.230.